The van der Waals surface area contributed by atoms with Gasteiger partial charge in [-0.15, -0.1) is 11.3 Å². The van der Waals surface area contributed by atoms with E-state index in [1.54, 1.807) is 48.9 Å². The molecular formula is C24H20N2O5S. The lowest BCUT2D eigenvalue weighted by atomic mass is 9.83. The molecule has 3 aromatic rings. The van der Waals surface area contributed by atoms with Crippen LogP contribution in [0.5, 0.6) is 23.0 Å². The number of hydrogen-bond donors (Lipinski definition) is 1. The third-order valence-corrected chi connectivity index (χ3v) is 5.79. The van der Waals surface area contributed by atoms with Gasteiger partial charge in [-0.1, -0.05) is 18.2 Å². The van der Waals surface area contributed by atoms with Crippen molar-refractivity contribution in [3.8, 4) is 29.1 Å². The maximum Gasteiger partial charge on any atom is 0.353 e. The Morgan fingerprint density at radius 1 is 1.22 bits per heavy atom. The minimum Gasteiger partial charge on any atom is -0.493 e. The molecule has 0 bridgehead atoms. The highest BCUT2D eigenvalue weighted by Crippen LogP contribution is 2.45. The van der Waals surface area contributed by atoms with Crippen LogP contribution >= 0.6 is 11.3 Å². The summed E-state index contributed by atoms with van der Waals surface area (Å²) >= 11 is 1.30. The zero-order valence-corrected chi connectivity index (χ0v) is 18.3. The Morgan fingerprint density at radius 3 is 2.75 bits per heavy atom. The highest BCUT2D eigenvalue weighted by Gasteiger charge is 2.31. The van der Waals surface area contributed by atoms with Crippen LogP contribution in [0.1, 0.15) is 33.6 Å². The van der Waals surface area contributed by atoms with Crippen LogP contribution in [0.15, 0.2) is 65.4 Å². The van der Waals surface area contributed by atoms with E-state index in [0.29, 0.717) is 34.5 Å². The molecule has 4 rings (SSSR count). The average Bonchev–Trinajstić information content (AvgIpc) is 3.34. The first-order valence-electron chi connectivity index (χ1n) is 9.83. The lowest BCUT2D eigenvalue weighted by Gasteiger charge is -2.27. The van der Waals surface area contributed by atoms with E-state index in [9.17, 15) is 10.1 Å². The number of benzene rings is 2. The molecule has 0 fully saturated rings. The van der Waals surface area contributed by atoms with Crippen LogP contribution in [0.3, 0.4) is 0 Å². The van der Waals surface area contributed by atoms with E-state index >= 15 is 0 Å². The molecule has 1 unspecified atom stereocenters. The first-order valence-corrected chi connectivity index (χ1v) is 10.7. The average molecular weight is 449 g/mol. The Kier molecular flexibility index (Phi) is 6.01. The van der Waals surface area contributed by atoms with Gasteiger partial charge in [-0.2, -0.15) is 5.26 Å². The van der Waals surface area contributed by atoms with Gasteiger partial charge in [0.15, 0.2) is 11.5 Å². The third kappa shape index (κ3) is 3.98. The first kappa shape index (κ1) is 21.3. The van der Waals surface area contributed by atoms with Crippen LogP contribution in [0, 0.1) is 11.3 Å². The number of ether oxygens (including phenoxy) is 4. The number of hydrogen-bond acceptors (Lipinski definition) is 8. The summed E-state index contributed by atoms with van der Waals surface area (Å²) in [5.74, 6) is 0.959. The van der Waals surface area contributed by atoms with Gasteiger partial charge in [-0.05, 0) is 42.1 Å². The van der Waals surface area contributed by atoms with Gasteiger partial charge in [0.1, 0.15) is 28.0 Å². The van der Waals surface area contributed by atoms with Crippen molar-refractivity contribution >= 4 is 17.3 Å². The molecule has 0 radical (unpaired) electrons. The molecule has 8 heteroatoms. The second kappa shape index (κ2) is 9.04. The van der Waals surface area contributed by atoms with Crippen LogP contribution in [0.25, 0.3) is 0 Å². The second-order valence-electron chi connectivity index (χ2n) is 6.83. The Bertz CT molecular complexity index is 1230. The smallest absolute Gasteiger partial charge is 0.353 e. The van der Waals surface area contributed by atoms with Crippen molar-refractivity contribution in [3.05, 3.63) is 81.4 Å². The maximum absolute atomic E-state index is 12.3. The van der Waals surface area contributed by atoms with Crippen LogP contribution in [-0.4, -0.2) is 19.7 Å². The number of fused-ring (bicyclic) bond motifs is 1. The molecule has 1 aromatic heterocycles. The summed E-state index contributed by atoms with van der Waals surface area (Å²) in [6.07, 6.45) is 0. The number of thiophene rings is 1. The fourth-order valence-electron chi connectivity index (χ4n) is 3.53. The predicted molar refractivity (Wildman–Crippen MR) is 119 cm³/mol. The molecule has 7 nitrogen and oxygen atoms in total. The van der Waals surface area contributed by atoms with Crippen molar-refractivity contribution in [1.82, 2.24) is 0 Å². The maximum atomic E-state index is 12.3. The molecule has 0 amide bonds. The van der Waals surface area contributed by atoms with Gasteiger partial charge in [-0.3, -0.25) is 0 Å². The number of nitrogens with zero attached hydrogens (tertiary/aromatic N) is 1. The standard InChI is InChI=1S/C24H20N2O5S/c1-3-29-18-9-6-14(11-20(18)28-2)22-16-8-7-15(30-24(27)21-5-4-10-32-21)12-19(16)31-23(26)17(22)13-25/h4-12,22H,3,26H2,1-2H3. The number of rotatable bonds is 6. The molecule has 0 saturated heterocycles. The SMILES string of the molecule is CCOc1ccc(C2C(C#N)=C(N)Oc3cc(OC(=O)c4cccs4)ccc32)cc1OC. The van der Waals surface area contributed by atoms with Crippen molar-refractivity contribution in [2.24, 2.45) is 5.73 Å². The van der Waals surface area contributed by atoms with Gasteiger partial charge in [-0.25, -0.2) is 4.79 Å². The van der Waals surface area contributed by atoms with Gasteiger partial charge in [0.2, 0.25) is 5.88 Å². The van der Waals surface area contributed by atoms with Crippen LogP contribution in [0.4, 0.5) is 0 Å². The molecule has 0 spiro atoms. The van der Waals surface area contributed by atoms with Crippen molar-refractivity contribution in [2.45, 2.75) is 12.8 Å². The normalized spacial score (nSPS) is 14.7. The summed E-state index contributed by atoms with van der Waals surface area (Å²) in [4.78, 5) is 12.8. The number of nitriles is 1. The quantitative estimate of drug-likeness (QED) is 0.434. The highest BCUT2D eigenvalue weighted by atomic mass is 32.1. The fraction of sp³-hybridized carbons (Fsp3) is 0.167. The van der Waals surface area contributed by atoms with Crippen molar-refractivity contribution < 1.29 is 23.7 Å². The highest BCUT2D eigenvalue weighted by molar-refractivity contribution is 7.12. The number of allylic oxidation sites excluding steroid dienone is 1. The number of esters is 1. The molecule has 0 saturated carbocycles. The third-order valence-electron chi connectivity index (χ3n) is 4.94. The minimum absolute atomic E-state index is 0.000384. The minimum atomic E-state index is -0.477. The van der Waals surface area contributed by atoms with E-state index < -0.39 is 11.9 Å². The predicted octanol–water partition coefficient (Wildman–Crippen LogP) is 4.59. The molecule has 2 aromatic carbocycles. The van der Waals surface area contributed by atoms with Gasteiger partial charge in [0.25, 0.3) is 0 Å². The lowest BCUT2D eigenvalue weighted by molar-refractivity contribution is 0.0739. The van der Waals surface area contributed by atoms with Gasteiger partial charge in [0, 0.05) is 11.6 Å². The Balaban J connectivity index is 1.73. The van der Waals surface area contributed by atoms with E-state index in [1.165, 1.54) is 11.3 Å². The Hall–Kier alpha value is -3.96. The van der Waals surface area contributed by atoms with E-state index in [2.05, 4.69) is 6.07 Å². The van der Waals surface area contributed by atoms with Gasteiger partial charge in [0.05, 0.1) is 19.6 Å². The molecule has 32 heavy (non-hydrogen) atoms. The van der Waals surface area contributed by atoms with Gasteiger partial charge >= 0.3 is 5.97 Å². The molecule has 162 valence electrons. The fourth-order valence-corrected chi connectivity index (χ4v) is 4.13. The Morgan fingerprint density at radius 2 is 2.06 bits per heavy atom. The molecule has 0 aliphatic carbocycles. The monoisotopic (exact) mass is 448 g/mol. The topological polar surface area (TPSA) is 104 Å². The first-order chi connectivity index (χ1) is 15.5. The summed E-state index contributed by atoms with van der Waals surface area (Å²) in [6, 6.07) is 16.1. The second-order valence-corrected chi connectivity index (χ2v) is 7.78. The van der Waals surface area contributed by atoms with E-state index in [4.69, 9.17) is 24.7 Å². The summed E-state index contributed by atoms with van der Waals surface area (Å²) in [7, 11) is 1.56. The zero-order chi connectivity index (χ0) is 22.7. The molecule has 1 aliphatic heterocycles. The van der Waals surface area contributed by atoms with Crippen LogP contribution < -0.4 is 24.7 Å². The summed E-state index contributed by atoms with van der Waals surface area (Å²) < 4.78 is 22.2. The summed E-state index contributed by atoms with van der Waals surface area (Å²) in [6.45, 7) is 2.39. The lowest BCUT2D eigenvalue weighted by Crippen LogP contribution is -2.21. The Labute approximate surface area is 189 Å². The van der Waals surface area contributed by atoms with E-state index in [-0.39, 0.29) is 11.5 Å². The van der Waals surface area contributed by atoms with Crippen molar-refractivity contribution in [2.75, 3.05) is 13.7 Å². The molecule has 2 N–H and O–H groups in total. The number of nitrogens with two attached hydrogens (primary N) is 1. The number of carbonyl (C=O) groups excluding carboxylic acids is 1. The van der Waals surface area contributed by atoms with Gasteiger partial charge < -0.3 is 24.7 Å². The summed E-state index contributed by atoms with van der Waals surface area (Å²) in [5.41, 5.74) is 7.88. The van der Waals surface area contributed by atoms with Crippen LogP contribution in [0.2, 0.25) is 0 Å². The number of carbonyl (C=O) groups is 1. The zero-order valence-electron chi connectivity index (χ0n) is 17.5. The van der Waals surface area contributed by atoms with Crippen molar-refractivity contribution in [1.29, 1.82) is 5.26 Å². The number of methoxy groups -OCH3 is 1. The van der Waals surface area contributed by atoms with E-state index in [0.717, 1.165) is 11.1 Å². The van der Waals surface area contributed by atoms with Crippen molar-refractivity contribution in [3.63, 3.8) is 0 Å². The molecule has 2 heterocycles. The summed E-state index contributed by atoms with van der Waals surface area (Å²) in [5, 5.41) is 11.6. The van der Waals surface area contributed by atoms with E-state index in [1.807, 2.05) is 19.1 Å². The molecule has 1 aliphatic rings. The largest absolute Gasteiger partial charge is 0.493 e. The molecular weight excluding hydrogens is 428 g/mol. The molecule has 1 atom stereocenters. The van der Waals surface area contributed by atoms with Crippen LogP contribution in [-0.2, 0) is 0 Å².